The van der Waals surface area contributed by atoms with Crippen LogP contribution in [0, 0.1) is 0 Å². The SMILES string of the molecule is CCCNC(=O)C1=Cc2ccc(/C(N)=C/C=C(\N)C(=O)OC)cc2N=C(N)C1. The molecule has 0 atom stereocenters. The molecule has 0 spiro atoms. The lowest BCUT2D eigenvalue weighted by Crippen LogP contribution is -2.27. The van der Waals surface area contributed by atoms with Gasteiger partial charge in [0.15, 0.2) is 0 Å². The molecule has 0 aliphatic carbocycles. The molecule has 1 aliphatic heterocycles. The Labute approximate surface area is 163 Å². The molecule has 8 heteroatoms. The largest absolute Gasteiger partial charge is 0.464 e. The van der Waals surface area contributed by atoms with Crippen molar-refractivity contribution in [2.75, 3.05) is 13.7 Å². The minimum Gasteiger partial charge on any atom is -0.464 e. The second-order valence-corrected chi connectivity index (χ2v) is 6.21. The highest BCUT2D eigenvalue weighted by Gasteiger charge is 2.16. The maximum absolute atomic E-state index is 12.3. The maximum Gasteiger partial charge on any atom is 0.353 e. The van der Waals surface area contributed by atoms with Crippen molar-refractivity contribution in [3.8, 4) is 0 Å². The molecule has 0 radical (unpaired) electrons. The first-order chi connectivity index (χ1) is 13.3. The molecule has 1 aliphatic rings. The number of amides is 1. The molecule has 2 rings (SSSR count). The van der Waals surface area contributed by atoms with Gasteiger partial charge >= 0.3 is 5.97 Å². The Balaban J connectivity index is 2.34. The van der Waals surface area contributed by atoms with Crippen LogP contribution in [0.25, 0.3) is 11.8 Å². The zero-order chi connectivity index (χ0) is 20.7. The monoisotopic (exact) mass is 383 g/mol. The Kier molecular flexibility index (Phi) is 6.97. The normalized spacial score (nSPS) is 14.4. The van der Waals surface area contributed by atoms with Crippen molar-refractivity contribution >= 4 is 35.2 Å². The minimum absolute atomic E-state index is 0.0619. The number of rotatable bonds is 6. The Morgan fingerprint density at radius 3 is 2.71 bits per heavy atom. The van der Waals surface area contributed by atoms with Gasteiger partial charge in [0, 0.05) is 29.8 Å². The summed E-state index contributed by atoms with van der Waals surface area (Å²) in [7, 11) is 1.25. The van der Waals surface area contributed by atoms with Gasteiger partial charge in [0.1, 0.15) is 11.5 Å². The van der Waals surface area contributed by atoms with Crippen LogP contribution in [0.3, 0.4) is 0 Å². The van der Waals surface area contributed by atoms with Gasteiger partial charge in [-0.15, -0.1) is 0 Å². The third kappa shape index (κ3) is 5.23. The zero-order valence-corrected chi connectivity index (χ0v) is 16.0. The fraction of sp³-hybridized carbons (Fsp3) is 0.250. The van der Waals surface area contributed by atoms with Crippen molar-refractivity contribution in [1.29, 1.82) is 0 Å². The average molecular weight is 383 g/mol. The first-order valence-corrected chi connectivity index (χ1v) is 8.83. The molecule has 0 saturated carbocycles. The number of carbonyl (C=O) groups excluding carboxylic acids is 2. The summed E-state index contributed by atoms with van der Waals surface area (Å²) in [5, 5.41) is 2.85. The second-order valence-electron chi connectivity index (χ2n) is 6.21. The summed E-state index contributed by atoms with van der Waals surface area (Å²) >= 11 is 0. The maximum atomic E-state index is 12.3. The summed E-state index contributed by atoms with van der Waals surface area (Å²) in [5.74, 6) is -0.451. The number of ether oxygens (including phenoxy) is 1. The van der Waals surface area contributed by atoms with Gasteiger partial charge in [-0.05, 0) is 36.3 Å². The summed E-state index contributed by atoms with van der Waals surface area (Å²) in [4.78, 5) is 28.0. The first kappa shape index (κ1) is 20.8. The van der Waals surface area contributed by atoms with Gasteiger partial charge in [-0.3, -0.25) is 4.79 Å². The van der Waals surface area contributed by atoms with Crippen LogP contribution in [0.15, 0.2) is 46.6 Å². The van der Waals surface area contributed by atoms with Crippen LogP contribution in [0.4, 0.5) is 5.69 Å². The second kappa shape index (κ2) is 9.40. The number of aliphatic imine (C=N–C) groups is 1. The van der Waals surface area contributed by atoms with Crippen LogP contribution in [0.2, 0.25) is 0 Å². The predicted octanol–water partition coefficient (Wildman–Crippen LogP) is 1.30. The van der Waals surface area contributed by atoms with Crippen LogP contribution < -0.4 is 22.5 Å². The molecule has 8 nitrogen and oxygen atoms in total. The summed E-state index contributed by atoms with van der Waals surface area (Å²) in [6.07, 6.45) is 5.78. The lowest BCUT2D eigenvalue weighted by molar-refractivity contribution is -0.136. The number of carbonyl (C=O) groups is 2. The van der Waals surface area contributed by atoms with Crippen molar-refractivity contribution < 1.29 is 14.3 Å². The van der Waals surface area contributed by atoms with Gasteiger partial charge < -0.3 is 27.3 Å². The van der Waals surface area contributed by atoms with E-state index in [1.807, 2.05) is 13.0 Å². The molecular weight excluding hydrogens is 358 g/mol. The number of hydrogen-bond acceptors (Lipinski definition) is 7. The van der Waals surface area contributed by atoms with E-state index < -0.39 is 5.97 Å². The Hall–Kier alpha value is -3.55. The van der Waals surface area contributed by atoms with Gasteiger partial charge in [-0.1, -0.05) is 19.1 Å². The van der Waals surface area contributed by atoms with E-state index in [0.29, 0.717) is 34.9 Å². The topological polar surface area (TPSA) is 146 Å². The summed E-state index contributed by atoms with van der Waals surface area (Å²) < 4.78 is 4.53. The molecule has 0 aromatic heterocycles. The Bertz CT molecular complexity index is 897. The Morgan fingerprint density at radius 2 is 2.04 bits per heavy atom. The highest BCUT2D eigenvalue weighted by molar-refractivity contribution is 6.05. The van der Waals surface area contributed by atoms with Gasteiger partial charge in [0.05, 0.1) is 12.8 Å². The number of nitrogens with two attached hydrogens (primary N) is 3. The van der Waals surface area contributed by atoms with E-state index in [9.17, 15) is 9.59 Å². The third-order valence-electron chi connectivity index (χ3n) is 4.02. The number of nitrogens with zero attached hydrogens (tertiary/aromatic N) is 1. The molecule has 28 heavy (non-hydrogen) atoms. The van der Waals surface area contributed by atoms with E-state index in [4.69, 9.17) is 17.2 Å². The van der Waals surface area contributed by atoms with Crippen molar-refractivity contribution in [2.24, 2.45) is 22.2 Å². The van der Waals surface area contributed by atoms with Gasteiger partial charge in [0.2, 0.25) is 5.91 Å². The number of fused-ring (bicyclic) bond motifs is 1. The van der Waals surface area contributed by atoms with Crippen LogP contribution in [0.5, 0.6) is 0 Å². The molecule has 1 amide bonds. The molecule has 1 heterocycles. The highest BCUT2D eigenvalue weighted by Crippen LogP contribution is 2.29. The predicted molar refractivity (Wildman–Crippen MR) is 110 cm³/mol. The fourth-order valence-corrected chi connectivity index (χ4v) is 2.53. The number of esters is 1. The fourth-order valence-electron chi connectivity index (χ4n) is 2.53. The quantitative estimate of drug-likeness (QED) is 0.331. The smallest absolute Gasteiger partial charge is 0.353 e. The summed E-state index contributed by atoms with van der Waals surface area (Å²) in [5.41, 5.74) is 20.6. The highest BCUT2D eigenvalue weighted by atomic mass is 16.5. The van der Waals surface area contributed by atoms with Gasteiger partial charge in [-0.25, -0.2) is 9.79 Å². The van der Waals surface area contributed by atoms with E-state index >= 15 is 0 Å². The first-order valence-electron chi connectivity index (χ1n) is 8.83. The van der Waals surface area contributed by atoms with Crippen LogP contribution in [-0.4, -0.2) is 31.4 Å². The summed E-state index contributed by atoms with van der Waals surface area (Å²) in [6.45, 7) is 2.59. The van der Waals surface area contributed by atoms with E-state index in [1.165, 1.54) is 19.3 Å². The van der Waals surface area contributed by atoms with Crippen LogP contribution >= 0.6 is 0 Å². The van der Waals surface area contributed by atoms with Crippen LogP contribution in [-0.2, 0) is 14.3 Å². The van der Waals surface area contributed by atoms with Crippen molar-refractivity contribution in [3.63, 3.8) is 0 Å². The lowest BCUT2D eigenvalue weighted by atomic mass is 10.0. The number of methoxy groups -OCH3 is 1. The van der Waals surface area contributed by atoms with Crippen molar-refractivity contribution in [1.82, 2.24) is 5.32 Å². The molecule has 0 saturated heterocycles. The van der Waals surface area contributed by atoms with E-state index in [2.05, 4.69) is 15.0 Å². The Morgan fingerprint density at radius 1 is 1.29 bits per heavy atom. The minimum atomic E-state index is -0.637. The molecule has 1 aromatic rings. The molecule has 148 valence electrons. The lowest BCUT2D eigenvalue weighted by Gasteiger charge is -2.07. The molecule has 0 fully saturated rings. The van der Waals surface area contributed by atoms with Crippen molar-refractivity contribution in [2.45, 2.75) is 19.8 Å². The molecule has 0 bridgehead atoms. The number of allylic oxidation sites excluding steroid dienone is 2. The molecule has 1 aromatic carbocycles. The number of amidine groups is 1. The standard InChI is InChI=1S/C20H25N5O3/c1-3-8-24-19(26)14-9-13-5-4-12(10-17(13)25-18(23)11-14)15(21)6-7-16(22)20(27)28-2/h4-7,9-10H,3,8,11,21-22H2,1-2H3,(H2,23,25)(H,24,26)/b15-6-,16-7-. The summed E-state index contributed by atoms with van der Waals surface area (Å²) in [6, 6.07) is 5.37. The molecule has 7 N–H and O–H groups in total. The van der Waals surface area contributed by atoms with Gasteiger partial charge in [-0.2, -0.15) is 0 Å². The van der Waals surface area contributed by atoms with E-state index in [-0.39, 0.29) is 18.0 Å². The van der Waals surface area contributed by atoms with Crippen LogP contribution in [0.1, 0.15) is 30.9 Å². The van der Waals surface area contributed by atoms with Gasteiger partial charge in [0.25, 0.3) is 0 Å². The van der Waals surface area contributed by atoms with E-state index in [1.54, 1.807) is 18.2 Å². The van der Waals surface area contributed by atoms with E-state index in [0.717, 1.165) is 12.0 Å². The number of hydrogen-bond donors (Lipinski definition) is 4. The number of benzene rings is 1. The number of nitrogens with one attached hydrogen (secondary N) is 1. The average Bonchev–Trinajstić information content (AvgIpc) is 2.86. The zero-order valence-electron chi connectivity index (χ0n) is 16.0. The molecular formula is C20H25N5O3. The van der Waals surface area contributed by atoms with Crippen molar-refractivity contribution in [3.05, 3.63) is 52.7 Å². The molecule has 0 unspecified atom stereocenters. The third-order valence-corrected chi connectivity index (χ3v) is 4.02.